The number of carbonyl (C=O) groups is 1. The molecule has 0 aliphatic rings. The van der Waals surface area contributed by atoms with E-state index in [9.17, 15) is 4.79 Å². The summed E-state index contributed by atoms with van der Waals surface area (Å²) >= 11 is 0. The fourth-order valence-electron chi connectivity index (χ4n) is 0.860. The van der Waals surface area contributed by atoms with Crippen molar-refractivity contribution in [3.8, 4) is 0 Å². The highest BCUT2D eigenvalue weighted by Gasteiger charge is 2.37. The second kappa shape index (κ2) is 5.12. The summed E-state index contributed by atoms with van der Waals surface area (Å²) in [5.74, 6) is -0.249. The lowest BCUT2D eigenvalue weighted by Gasteiger charge is -2.36. The molecule has 0 unspecified atom stereocenters. The fourth-order valence-corrected chi connectivity index (χ4v) is 1.94. The summed E-state index contributed by atoms with van der Waals surface area (Å²) in [5, 5.41) is 0.197. The lowest BCUT2D eigenvalue weighted by molar-refractivity contribution is -0.146. The Morgan fingerprint density at radius 1 is 1.33 bits per heavy atom. The summed E-state index contributed by atoms with van der Waals surface area (Å²) in [6.45, 7) is 14.7. The van der Waals surface area contributed by atoms with Crippen LogP contribution in [0.15, 0.2) is 0 Å². The average Bonchev–Trinajstić information content (AvgIpc) is 1.97. The molecule has 0 saturated heterocycles. The average molecular weight is 232 g/mol. The van der Waals surface area contributed by atoms with Crippen LogP contribution < -0.4 is 0 Å². The van der Waals surface area contributed by atoms with Crippen molar-refractivity contribution in [3.05, 3.63) is 0 Å². The maximum absolute atomic E-state index is 10.7. The van der Waals surface area contributed by atoms with Crippen molar-refractivity contribution in [3.63, 3.8) is 0 Å². The van der Waals surface area contributed by atoms with Crippen LogP contribution in [0.2, 0.25) is 18.1 Å². The molecule has 0 aliphatic carbocycles. The van der Waals surface area contributed by atoms with E-state index in [0.29, 0.717) is 6.61 Å². The number of hydrogen-bond donors (Lipinski definition) is 0. The first kappa shape index (κ1) is 14.6. The van der Waals surface area contributed by atoms with Gasteiger partial charge in [0.05, 0.1) is 6.61 Å². The van der Waals surface area contributed by atoms with Crippen LogP contribution >= 0.6 is 0 Å². The molecule has 0 amide bonds. The Labute approximate surface area is 94.3 Å². The molecule has 0 aromatic rings. The lowest BCUT2D eigenvalue weighted by atomic mass is 10.2. The van der Waals surface area contributed by atoms with E-state index in [4.69, 9.17) is 9.16 Å². The van der Waals surface area contributed by atoms with Gasteiger partial charge in [-0.05, 0) is 25.1 Å². The molecule has 0 rings (SSSR count). The van der Waals surface area contributed by atoms with Crippen LogP contribution in [0.5, 0.6) is 0 Å². The lowest BCUT2D eigenvalue weighted by Crippen LogP contribution is -2.42. The Hall–Kier alpha value is -0.353. The van der Waals surface area contributed by atoms with Crippen LogP contribution in [-0.2, 0) is 14.0 Å². The highest BCUT2D eigenvalue weighted by atomic mass is 28.4. The zero-order chi connectivity index (χ0) is 12.3. The molecule has 0 aromatic heterocycles. The molecule has 0 spiro atoms. The van der Waals surface area contributed by atoms with Gasteiger partial charge in [0.15, 0.2) is 8.32 Å². The van der Waals surface area contributed by atoms with Gasteiger partial charge in [0.25, 0.3) is 0 Å². The Bertz CT molecular complexity index is 218. The summed E-state index contributed by atoms with van der Waals surface area (Å²) in [5.41, 5.74) is 0. The Morgan fingerprint density at radius 3 is 2.13 bits per heavy atom. The maximum Gasteiger partial charge on any atom is 0.302 e. The molecule has 3 nitrogen and oxygen atoms in total. The van der Waals surface area contributed by atoms with Gasteiger partial charge in [-0.2, -0.15) is 0 Å². The van der Waals surface area contributed by atoms with Gasteiger partial charge in [-0.3, -0.25) is 4.79 Å². The zero-order valence-corrected chi connectivity index (χ0v) is 12.0. The minimum absolute atomic E-state index is 0.156. The largest absolute Gasteiger partial charge is 0.460 e. The summed E-state index contributed by atoms with van der Waals surface area (Å²) in [6, 6.07) is 0. The first-order valence-electron chi connectivity index (χ1n) is 5.37. The van der Waals surface area contributed by atoms with Crippen LogP contribution in [0, 0.1) is 0 Å². The molecule has 4 heteroatoms. The van der Waals surface area contributed by atoms with Crippen molar-refractivity contribution < 1.29 is 14.0 Å². The predicted molar refractivity (Wildman–Crippen MR) is 64.4 cm³/mol. The van der Waals surface area contributed by atoms with Gasteiger partial charge in [-0.15, -0.1) is 0 Å². The Balaban J connectivity index is 4.10. The van der Waals surface area contributed by atoms with Crippen molar-refractivity contribution in [2.24, 2.45) is 0 Å². The van der Waals surface area contributed by atoms with Crippen LogP contribution in [0.3, 0.4) is 0 Å². The second-order valence-electron chi connectivity index (χ2n) is 5.49. The summed E-state index contributed by atoms with van der Waals surface area (Å²) in [6.07, 6.45) is -0.156. The topological polar surface area (TPSA) is 35.5 Å². The van der Waals surface area contributed by atoms with Crippen LogP contribution in [0.4, 0.5) is 0 Å². The van der Waals surface area contributed by atoms with Gasteiger partial charge in [0.2, 0.25) is 0 Å². The van der Waals surface area contributed by atoms with Crippen LogP contribution in [-0.4, -0.2) is 27.0 Å². The van der Waals surface area contributed by atoms with E-state index in [1.807, 2.05) is 6.92 Å². The van der Waals surface area contributed by atoms with E-state index in [-0.39, 0.29) is 17.1 Å². The number of rotatable bonds is 4. The molecule has 0 heterocycles. The van der Waals surface area contributed by atoms with Crippen molar-refractivity contribution >= 4 is 14.3 Å². The van der Waals surface area contributed by atoms with Crippen LogP contribution in [0.25, 0.3) is 0 Å². The van der Waals surface area contributed by atoms with Crippen LogP contribution in [0.1, 0.15) is 34.6 Å². The summed E-state index contributed by atoms with van der Waals surface area (Å²) in [4.78, 5) is 10.7. The minimum atomic E-state index is -1.71. The summed E-state index contributed by atoms with van der Waals surface area (Å²) in [7, 11) is -1.71. The molecule has 0 aliphatic heterocycles. The second-order valence-corrected chi connectivity index (χ2v) is 10.3. The molecular formula is C11H24O3Si. The predicted octanol–water partition coefficient (Wildman–Crippen LogP) is 2.96. The van der Waals surface area contributed by atoms with Gasteiger partial charge in [-0.1, -0.05) is 20.8 Å². The normalized spacial score (nSPS) is 14.9. The molecule has 15 heavy (non-hydrogen) atoms. The van der Waals surface area contributed by atoms with Gasteiger partial charge < -0.3 is 9.16 Å². The molecule has 0 bridgehead atoms. The van der Waals surface area contributed by atoms with Gasteiger partial charge in [-0.25, -0.2) is 0 Å². The highest BCUT2D eigenvalue weighted by Crippen LogP contribution is 2.36. The molecule has 0 saturated carbocycles. The monoisotopic (exact) mass is 232 g/mol. The van der Waals surface area contributed by atoms with Crippen molar-refractivity contribution in [1.29, 1.82) is 0 Å². The quantitative estimate of drug-likeness (QED) is 0.552. The van der Waals surface area contributed by atoms with Gasteiger partial charge in [0, 0.05) is 6.92 Å². The van der Waals surface area contributed by atoms with E-state index in [2.05, 4.69) is 33.9 Å². The SMILES string of the molecule is CC(=O)O[C@H](C)CO[Si](C)(C)C(C)(C)C. The molecule has 1 atom stereocenters. The van der Waals surface area contributed by atoms with Gasteiger partial charge in [0.1, 0.15) is 6.10 Å². The summed E-state index contributed by atoms with van der Waals surface area (Å²) < 4.78 is 10.9. The van der Waals surface area contributed by atoms with E-state index in [1.165, 1.54) is 6.92 Å². The van der Waals surface area contributed by atoms with E-state index < -0.39 is 8.32 Å². The van der Waals surface area contributed by atoms with Gasteiger partial charge >= 0.3 is 5.97 Å². The minimum Gasteiger partial charge on any atom is -0.460 e. The molecule has 0 radical (unpaired) electrons. The third-order valence-corrected chi connectivity index (χ3v) is 7.35. The number of ether oxygens (including phenoxy) is 1. The smallest absolute Gasteiger partial charge is 0.302 e. The Kier molecular flexibility index (Phi) is 5.00. The fraction of sp³-hybridized carbons (Fsp3) is 0.909. The highest BCUT2D eigenvalue weighted by molar-refractivity contribution is 6.74. The third-order valence-electron chi connectivity index (χ3n) is 2.85. The molecule has 0 aromatic carbocycles. The number of hydrogen-bond acceptors (Lipinski definition) is 3. The molecule has 0 fully saturated rings. The maximum atomic E-state index is 10.7. The Morgan fingerprint density at radius 2 is 1.80 bits per heavy atom. The third kappa shape index (κ3) is 5.32. The molecule has 90 valence electrons. The first-order chi connectivity index (χ1) is 6.56. The first-order valence-corrected chi connectivity index (χ1v) is 8.28. The zero-order valence-electron chi connectivity index (χ0n) is 11.0. The van der Waals surface area contributed by atoms with E-state index in [1.54, 1.807) is 0 Å². The van der Waals surface area contributed by atoms with Crippen molar-refractivity contribution in [1.82, 2.24) is 0 Å². The molecule has 0 N–H and O–H groups in total. The standard InChI is InChI=1S/C11H24O3Si/c1-9(14-10(2)12)8-13-15(6,7)11(3,4)5/h9H,8H2,1-7H3/t9-/m1/s1. The van der Waals surface area contributed by atoms with E-state index in [0.717, 1.165) is 0 Å². The molecular weight excluding hydrogens is 208 g/mol. The van der Waals surface area contributed by atoms with Crippen molar-refractivity contribution in [2.45, 2.75) is 58.9 Å². The number of esters is 1. The van der Waals surface area contributed by atoms with E-state index >= 15 is 0 Å². The number of carbonyl (C=O) groups excluding carboxylic acids is 1. The van der Waals surface area contributed by atoms with Crippen molar-refractivity contribution in [2.75, 3.05) is 6.61 Å².